The number of carbonyl (C=O) groups is 1. The Morgan fingerprint density at radius 3 is 3.00 bits per heavy atom. The van der Waals surface area contributed by atoms with Gasteiger partial charge in [-0.1, -0.05) is 0 Å². The molecule has 1 saturated heterocycles. The lowest BCUT2D eigenvalue weighted by Gasteiger charge is -2.17. The maximum atomic E-state index is 12.2. The van der Waals surface area contributed by atoms with Gasteiger partial charge in [0.15, 0.2) is 0 Å². The van der Waals surface area contributed by atoms with Gasteiger partial charge in [-0.3, -0.25) is 4.79 Å². The number of rotatable bonds is 4. The van der Waals surface area contributed by atoms with Gasteiger partial charge in [0.2, 0.25) is 5.91 Å². The van der Waals surface area contributed by atoms with Gasteiger partial charge in [0.05, 0.1) is 25.3 Å². The number of likely N-dealkylation sites (N-methyl/N-ethyl adjacent to an activating group) is 1. The maximum absolute atomic E-state index is 12.2. The average molecular weight is 252 g/mol. The van der Waals surface area contributed by atoms with E-state index in [4.69, 9.17) is 4.74 Å². The summed E-state index contributed by atoms with van der Waals surface area (Å²) in [5.41, 5.74) is 0. The molecule has 1 aliphatic rings. The van der Waals surface area contributed by atoms with Gasteiger partial charge in [-0.05, 0) is 20.9 Å². The van der Waals surface area contributed by atoms with E-state index in [1.807, 2.05) is 27.0 Å². The van der Waals surface area contributed by atoms with Crippen molar-refractivity contribution in [1.82, 2.24) is 15.1 Å². The Bertz CT molecular complexity index is 416. The van der Waals surface area contributed by atoms with Gasteiger partial charge in [-0.2, -0.15) is 5.10 Å². The van der Waals surface area contributed by atoms with Crippen LogP contribution in [0.1, 0.15) is 19.9 Å². The predicted octanol–water partition coefficient (Wildman–Crippen LogP) is 0.637. The molecule has 0 saturated carbocycles. The highest BCUT2D eigenvalue weighted by molar-refractivity contribution is 5.92. The Morgan fingerprint density at radius 1 is 1.56 bits per heavy atom. The number of carbonyl (C=O) groups excluding carboxylic acids is 1. The van der Waals surface area contributed by atoms with Crippen LogP contribution in [0.2, 0.25) is 0 Å². The van der Waals surface area contributed by atoms with E-state index < -0.39 is 0 Å². The molecular weight excluding hydrogens is 232 g/mol. The number of amides is 1. The smallest absolute Gasteiger partial charge is 0.232 e. The maximum Gasteiger partial charge on any atom is 0.232 e. The third-order valence-corrected chi connectivity index (χ3v) is 3.20. The quantitative estimate of drug-likeness (QED) is 0.825. The summed E-state index contributed by atoms with van der Waals surface area (Å²) in [7, 11) is 1.85. The molecule has 100 valence electrons. The van der Waals surface area contributed by atoms with Crippen molar-refractivity contribution in [3.63, 3.8) is 0 Å². The van der Waals surface area contributed by atoms with E-state index in [1.165, 1.54) is 0 Å². The molecule has 2 atom stereocenters. The third kappa shape index (κ3) is 2.54. The second-order valence-electron chi connectivity index (χ2n) is 4.78. The van der Waals surface area contributed by atoms with Gasteiger partial charge in [-0.15, -0.1) is 0 Å². The lowest BCUT2D eigenvalue weighted by Crippen LogP contribution is -2.39. The molecule has 0 aromatic carbocycles. The van der Waals surface area contributed by atoms with Crippen LogP contribution in [0.4, 0.5) is 5.82 Å². The molecule has 2 unspecified atom stereocenters. The Morgan fingerprint density at radius 2 is 2.33 bits per heavy atom. The molecule has 1 aromatic rings. The molecule has 1 aliphatic heterocycles. The summed E-state index contributed by atoms with van der Waals surface area (Å²) >= 11 is 0. The van der Waals surface area contributed by atoms with Crippen LogP contribution in [0.15, 0.2) is 12.3 Å². The summed E-state index contributed by atoms with van der Waals surface area (Å²) in [4.78, 5) is 12.2. The number of aromatic nitrogens is 2. The molecule has 0 spiro atoms. The molecule has 2 heterocycles. The van der Waals surface area contributed by atoms with Crippen molar-refractivity contribution in [3.8, 4) is 0 Å². The van der Waals surface area contributed by atoms with Crippen molar-refractivity contribution in [1.29, 1.82) is 0 Å². The van der Waals surface area contributed by atoms with E-state index in [0.717, 1.165) is 5.82 Å². The highest BCUT2D eigenvalue weighted by atomic mass is 16.5. The predicted molar refractivity (Wildman–Crippen MR) is 68.4 cm³/mol. The van der Waals surface area contributed by atoms with E-state index >= 15 is 0 Å². The molecule has 1 fully saturated rings. The number of ether oxygens (including phenoxy) is 1. The van der Waals surface area contributed by atoms with Crippen LogP contribution < -0.4 is 10.6 Å². The fraction of sp³-hybridized carbons (Fsp3) is 0.667. The van der Waals surface area contributed by atoms with Gasteiger partial charge < -0.3 is 15.4 Å². The van der Waals surface area contributed by atoms with Crippen molar-refractivity contribution in [2.75, 3.05) is 25.6 Å². The molecule has 2 N–H and O–H groups in total. The number of hydrogen-bond acceptors (Lipinski definition) is 4. The molecule has 1 amide bonds. The van der Waals surface area contributed by atoms with Crippen LogP contribution in [0.25, 0.3) is 0 Å². The lowest BCUT2D eigenvalue weighted by atomic mass is 10.0. The van der Waals surface area contributed by atoms with Gasteiger partial charge >= 0.3 is 0 Å². The van der Waals surface area contributed by atoms with Crippen LogP contribution >= 0.6 is 0 Å². The molecule has 18 heavy (non-hydrogen) atoms. The fourth-order valence-electron chi connectivity index (χ4n) is 2.14. The van der Waals surface area contributed by atoms with Crippen molar-refractivity contribution >= 4 is 11.7 Å². The Hall–Kier alpha value is -1.40. The number of anilines is 1. The molecule has 1 aromatic heterocycles. The molecular formula is C12H20N4O2. The summed E-state index contributed by atoms with van der Waals surface area (Å²) in [5.74, 6) is 0.566. The summed E-state index contributed by atoms with van der Waals surface area (Å²) in [6.07, 6.45) is 1.69. The number of hydrogen-bond donors (Lipinski definition) is 2. The number of nitrogens with one attached hydrogen (secondary N) is 2. The first-order chi connectivity index (χ1) is 8.63. The van der Waals surface area contributed by atoms with E-state index in [0.29, 0.717) is 13.2 Å². The van der Waals surface area contributed by atoms with E-state index in [9.17, 15) is 4.79 Å². The van der Waals surface area contributed by atoms with Crippen LogP contribution in [0.5, 0.6) is 0 Å². The highest BCUT2D eigenvalue weighted by Crippen LogP contribution is 2.18. The largest absolute Gasteiger partial charge is 0.379 e. The Kier molecular flexibility index (Phi) is 3.98. The minimum absolute atomic E-state index is 0.0192. The molecule has 0 aliphatic carbocycles. The summed E-state index contributed by atoms with van der Waals surface area (Å²) in [5, 5.41) is 10.2. The van der Waals surface area contributed by atoms with Crippen molar-refractivity contribution < 1.29 is 9.53 Å². The van der Waals surface area contributed by atoms with Crippen LogP contribution in [-0.4, -0.2) is 42.0 Å². The minimum Gasteiger partial charge on any atom is -0.379 e. The second-order valence-corrected chi connectivity index (χ2v) is 4.78. The Balaban J connectivity index is 2.04. The van der Waals surface area contributed by atoms with Gasteiger partial charge in [-0.25, -0.2) is 4.68 Å². The first-order valence-corrected chi connectivity index (χ1v) is 6.23. The normalized spacial score (nSPS) is 23.6. The first kappa shape index (κ1) is 13.0. The first-order valence-electron chi connectivity index (χ1n) is 6.23. The SMILES string of the molecule is CNC1COCC1C(=O)Nc1ccnn1C(C)C. The van der Waals surface area contributed by atoms with Crippen LogP contribution in [0, 0.1) is 5.92 Å². The zero-order valence-corrected chi connectivity index (χ0v) is 11.0. The summed E-state index contributed by atoms with van der Waals surface area (Å²) in [6.45, 7) is 5.10. The van der Waals surface area contributed by atoms with Gasteiger partial charge in [0, 0.05) is 18.2 Å². The van der Waals surface area contributed by atoms with Crippen LogP contribution in [0.3, 0.4) is 0 Å². The standard InChI is InChI=1S/C12H20N4O2/c1-8(2)16-11(4-5-14-16)15-12(17)9-6-18-7-10(9)13-3/h4-5,8-10,13H,6-7H2,1-3H3,(H,15,17). The molecule has 0 bridgehead atoms. The monoisotopic (exact) mass is 252 g/mol. The molecule has 6 nitrogen and oxygen atoms in total. The number of nitrogens with zero attached hydrogens (tertiary/aromatic N) is 2. The fourth-order valence-corrected chi connectivity index (χ4v) is 2.14. The van der Waals surface area contributed by atoms with Crippen LogP contribution in [-0.2, 0) is 9.53 Å². The second kappa shape index (κ2) is 5.49. The minimum atomic E-state index is -0.148. The van der Waals surface area contributed by atoms with Gasteiger partial charge in [0.25, 0.3) is 0 Å². The highest BCUT2D eigenvalue weighted by Gasteiger charge is 2.33. The molecule has 0 radical (unpaired) electrons. The topological polar surface area (TPSA) is 68.2 Å². The van der Waals surface area contributed by atoms with Crippen molar-refractivity contribution in [3.05, 3.63) is 12.3 Å². The molecule has 6 heteroatoms. The van der Waals surface area contributed by atoms with E-state index in [-0.39, 0.29) is 23.9 Å². The lowest BCUT2D eigenvalue weighted by molar-refractivity contribution is -0.120. The van der Waals surface area contributed by atoms with Gasteiger partial charge in [0.1, 0.15) is 5.82 Å². The zero-order valence-electron chi connectivity index (χ0n) is 11.0. The summed E-state index contributed by atoms with van der Waals surface area (Å²) < 4.78 is 7.13. The third-order valence-electron chi connectivity index (χ3n) is 3.20. The molecule has 2 rings (SSSR count). The van der Waals surface area contributed by atoms with Crippen molar-refractivity contribution in [2.45, 2.75) is 25.9 Å². The zero-order chi connectivity index (χ0) is 13.1. The van der Waals surface area contributed by atoms with E-state index in [2.05, 4.69) is 15.7 Å². The summed E-state index contributed by atoms with van der Waals surface area (Å²) in [6, 6.07) is 2.11. The van der Waals surface area contributed by atoms with E-state index in [1.54, 1.807) is 10.9 Å². The average Bonchev–Trinajstić information content (AvgIpc) is 2.96. The Labute approximate surface area is 107 Å². The van der Waals surface area contributed by atoms with Crippen molar-refractivity contribution in [2.24, 2.45) is 5.92 Å².